The molecule has 1 aliphatic carbocycles. The van der Waals surface area contributed by atoms with E-state index in [0.717, 1.165) is 23.3 Å². The monoisotopic (exact) mass is 322 g/mol. The summed E-state index contributed by atoms with van der Waals surface area (Å²) in [6, 6.07) is 13.2. The van der Waals surface area contributed by atoms with E-state index < -0.39 is 0 Å². The van der Waals surface area contributed by atoms with E-state index in [0.29, 0.717) is 11.6 Å². The van der Waals surface area contributed by atoms with E-state index in [4.69, 9.17) is 4.74 Å². The number of ether oxygens (including phenoxy) is 1. The fraction of sp³-hybridized carbons (Fsp3) is 0.263. The van der Waals surface area contributed by atoms with E-state index in [1.165, 1.54) is 0 Å². The molecule has 0 fully saturated rings. The Morgan fingerprint density at radius 3 is 2.75 bits per heavy atom. The van der Waals surface area contributed by atoms with Gasteiger partial charge in [-0.2, -0.15) is 0 Å². The molecule has 3 atom stereocenters. The van der Waals surface area contributed by atoms with Crippen molar-refractivity contribution >= 4 is 11.4 Å². The van der Waals surface area contributed by atoms with Crippen LogP contribution in [-0.2, 0) is 0 Å². The van der Waals surface area contributed by atoms with E-state index in [2.05, 4.69) is 17.5 Å². The van der Waals surface area contributed by atoms with Crippen molar-refractivity contribution < 1.29 is 9.66 Å². The summed E-state index contributed by atoms with van der Waals surface area (Å²) in [5.74, 6) is 1.33. The topological polar surface area (TPSA) is 64.4 Å². The molecule has 1 heterocycles. The van der Waals surface area contributed by atoms with Gasteiger partial charge in [-0.1, -0.05) is 42.5 Å². The summed E-state index contributed by atoms with van der Waals surface area (Å²) in [6.07, 6.45) is 5.30. The first-order valence-electron chi connectivity index (χ1n) is 8.04. The lowest BCUT2D eigenvalue weighted by molar-refractivity contribution is -0.384. The number of nitro groups is 1. The Labute approximate surface area is 140 Å². The van der Waals surface area contributed by atoms with Crippen LogP contribution in [0.3, 0.4) is 0 Å². The van der Waals surface area contributed by atoms with Crippen LogP contribution in [0, 0.1) is 16.0 Å². The van der Waals surface area contributed by atoms with Gasteiger partial charge in [-0.3, -0.25) is 10.1 Å². The maximum atomic E-state index is 11.5. The zero-order chi connectivity index (χ0) is 16.7. The molecule has 0 saturated carbocycles. The van der Waals surface area contributed by atoms with Crippen LogP contribution in [0.1, 0.15) is 29.5 Å². The minimum atomic E-state index is -0.315. The predicted octanol–water partition coefficient (Wildman–Crippen LogP) is 4.43. The van der Waals surface area contributed by atoms with Crippen molar-refractivity contribution in [2.75, 3.05) is 12.4 Å². The summed E-state index contributed by atoms with van der Waals surface area (Å²) in [5.41, 5.74) is 2.81. The molecule has 24 heavy (non-hydrogen) atoms. The number of hydrogen-bond donors (Lipinski definition) is 1. The standard InChI is InChI=1S/C19H18N2O3/c1-24-17-11-3-2-6-15(17)18-13-8-4-7-12(13)14-9-5-10-16(21(22)23)19(14)20-18/h2-7,9-13,18,20H,8H2,1H3/t12-,13-,18-/m1/s1. The summed E-state index contributed by atoms with van der Waals surface area (Å²) in [6.45, 7) is 0. The molecule has 0 bridgehead atoms. The quantitative estimate of drug-likeness (QED) is 0.516. The lowest BCUT2D eigenvalue weighted by atomic mass is 9.76. The van der Waals surface area contributed by atoms with Gasteiger partial charge < -0.3 is 10.1 Å². The number of methoxy groups -OCH3 is 1. The highest BCUT2D eigenvalue weighted by Crippen LogP contribution is 2.53. The molecule has 5 nitrogen and oxygen atoms in total. The first-order valence-corrected chi connectivity index (χ1v) is 8.04. The molecule has 4 rings (SSSR count). The summed E-state index contributed by atoms with van der Waals surface area (Å²) < 4.78 is 5.52. The highest BCUT2D eigenvalue weighted by molar-refractivity contribution is 5.71. The number of nitro benzene ring substituents is 1. The second-order valence-electron chi connectivity index (χ2n) is 6.22. The number of nitrogens with zero attached hydrogens (tertiary/aromatic N) is 1. The molecular weight excluding hydrogens is 304 g/mol. The van der Waals surface area contributed by atoms with Gasteiger partial charge in [0.1, 0.15) is 11.4 Å². The number of allylic oxidation sites excluding steroid dienone is 2. The number of benzene rings is 2. The fourth-order valence-electron chi connectivity index (χ4n) is 3.99. The molecule has 1 N–H and O–H groups in total. The Morgan fingerprint density at radius 1 is 1.17 bits per heavy atom. The second-order valence-corrected chi connectivity index (χ2v) is 6.22. The molecule has 1 aliphatic heterocycles. The molecule has 0 amide bonds. The smallest absolute Gasteiger partial charge is 0.292 e. The van der Waals surface area contributed by atoms with Crippen LogP contribution in [0.4, 0.5) is 11.4 Å². The summed E-state index contributed by atoms with van der Waals surface area (Å²) in [7, 11) is 1.66. The predicted molar refractivity (Wildman–Crippen MR) is 92.4 cm³/mol. The first kappa shape index (κ1) is 14.8. The van der Waals surface area contributed by atoms with Gasteiger partial charge in [-0.15, -0.1) is 0 Å². The highest BCUT2D eigenvalue weighted by Gasteiger charge is 2.41. The van der Waals surface area contributed by atoms with Gasteiger partial charge >= 0.3 is 0 Å². The van der Waals surface area contributed by atoms with Crippen molar-refractivity contribution in [2.45, 2.75) is 18.4 Å². The van der Waals surface area contributed by atoms with E-state index in [1.807, 2.05) is 30.3 Å². The summed E-state index contributed by atoms with van der Waals surface area (Å²) in [4.78, 5) is 11.1. The van der Waals surface area contributed by atoms with Gasteiger partial charge in [-0.25, -0.2) is 0 Å². The minimum Gasteiger partial charge on any atom is -0.496 e. The van der Waals surface area contributed by atoms with E-state index in [9.17, 15) is 10.1 Å². The molecule has 2 aliphatic rings. The van der Waals surface area contributed by atoms with Crippen LogP contribution in [0.25, 0.3) is 0 Å². The van der Waals surface area contributed by atoms with E-state index >= 15 is 0 Å². The van der Waals surface area contributed by atoms with Crippen molar-refractivity contribution in [3.63, 3.8) is 0 Å². The number of hydrogen-bond acceptors (Lipinski definition) is 4. The molecule has 122 valence electrons. The SMILES string of the molecule is COc1ccccc1[C@@H]1Nc2c(cccc2[N+](=O)[O-])[C@@H]2C=CC[C@H]21. The fourth-order valence-corrected chi connectivity index (χ4v) is 3.99. The van der Waals surface area contributed by atoms with Crippen LogP contribution in [0.2, 0.25) is 0 Å². The van der Waals surface area contributed by atoms with Crippen molar-refractivity contribution in [1.82, 2.24) is 0 Å². The molecular formula is C19H18N2O3. The van der Waals surface area contributed by atoms with Crippen LogP contribution < -0.4 is 10.1 Å². The molecule has 2 aromatic rings. The number of nitrogens with one attached hydrogen (secondary N) is 1. The summed E-state index contributed by atoms with van der Waals surface area (Å²) in [5, 5.41) is 14.9. The minimum absolute atomic E-state index is 0.0188. The van der Waals surface area contributed by atoms with Gasteiger partial charge in [0.05, 0.1) is 18.1 Å². The number of rotatable bonds is 3. The first-order chi connectivity index (χ1) is 11.7. The molecule has 0 radical (unpaired) electrons. The lowest BCUT2D eigenvalue weighted by Gasteiger charge is -2.37. The van der Waals surface area contributed by atoms with Gasteiger partial charge in [0.25, 0.3) is 5.69 Å². The van der Waals surface area contributed by atoms with Crippen LogP contribution in [0.15, 0.2) is 54.6 Å². The Morgan fingerprint density at radius 2 is 1.96 bits per heavy atom. The third-order valence-corrected chi connectivity index (χ3v) is 5.05. The maximum Gasteiger partial charge on any atom is 0.292 e. The molecule has 0 saturated heterocycles. The van der Waals surface area contributed by atoms with Crippen LogP contribution in [0.5, 0.6) is 5.75 Å². The zero-order valence-corrected chi connectivity index (χ0v) is 13.3. The van der Waals surface area contributed by atoms with Crippen molar-refractivity contribution in [3.05, 3.63) is 75.9 Å². The molecule has 0 aromatic heterocycles. The second kappa shape index (κ2) is 5.67. The Kier molecular flexibility index (Phi) is 3.49. The van der Waals surface area contributed by atoms with Crippen molar-refractivity contribution in [3.8, 4) is 5.75 Å². The highest BCUT2D eigenvalue weighted by atomic mass is 16.6. The largest absolute Gasteiger partial charge is 0.496 e. The lowest BCUT2D eigenvalue weighted by Crippen LogP contribution is -2.29. The summed E-state index contributed by atoms with van der Waals surface area (Å²) >= 11 is 0. The Hall–Kier alpha value is -2.82. The van der Waals surface area contributed by atoms with Gasteiger partial charge in [0.2, 0.25) is 0 Å². The van der Waals surface area contributed by atoms with E-state index in [1.54, 1.807) is 19.2 Å². The third kappa shape index (κ3) is 2.16. The van der Waals surface area contributed by atoms with Gasteiger partial charge in [0.15, 0.2) is 0 Å². The maximum absolute atomic E-state index is 11.5. The van der Waals surface area contributed by atoms with Crippen LogP contribution in [-0.4, -0.2) is 12.0 Å². The van der Waals surface area contributed by atoms with Gasteiger partial charge in [-0.05, 0) is 24.0 Å². The normalized spacial score (nSPS) is 24.0. The molecule has 2 aromatic carbocycles. The van der Waals surface area contributed by atoms with Gasteiger partial charge in [0, 0.05) is 17.5 Å². The van der Waals surface area contributed by atoms with E-state index in [-0.39, 0.29) is 22.6 Å². The van der Waals surface area contributed by atoms with Crippen molar-refractivity contribution in [2.24, 2.45) is 5.92 Å². The van der Waals surface area contributed by atoms with Crippen molar-refractivity contribution in [1.29, 1.82) is 0 Å². The average Bonchev–Trinajstić information content (AvgIpc) is 3.10. The molecule has 0 spiro atoms. The molecule has 0 unspecified atom stereocenters. The molecule has 5 heteroatoms. The third-order valence-electron chi connectivity index (χ3n) is 5.05. The Bertz CT molecular complexity index is 831. The Balaban J connectivity index is 1.86. The number of anilines is 1. The average molecular weight is 322 g/mol. The number of fused-ring (bicyclic) bond motifs is 3. The zero-order valence-electron chi connectivity index (χ0n) is 13.3. The van der Waals surface area contributed by atoms with Crippen LogP contribution >= 0.6 is 0 Å². The number of para-hydroxylation sites is 2.